The van der Waals surface area contributed by atoms with Crippen molar-refractivity contribution >= 4 is 0 Å². The Labute approximate surface area is 121 Å². The zero-order valence-electron chi connectivity index (χ0n) is 14.0. The SMILES string of the molecule is CC(C)CCN(CCC(C)C)CC1(C)CCNCC1. The van der Waals surface area contributed by atoms with Gasteiger partial charge in [0.15, 0.2) is 0 Å². The quantitative estimate of drug-likeness (QED) is 0.721. The fourth-order valence-electron chi connectivity index (χ4n) is 2.88. The third kappa shape index (κ3) is 7.31. The van der Waals surface area contributed by atoms with E-state index in [1.165, 1.54) is 58.4 Å². The first kappa shape index (κ1) is 17.0. The molecule has 0 amide bonds. The molecule has 19 heavy (non-hydrogen) atoms. The van der Waals surface area contributed by atoms with Crippen LogP contribution in [0, 0.1) is 17.3 Å². The third-order valence-electron chi connectivity index (χ3n) is 4.46. The summed E-state index contributed by atoms with van der Waals surface area (Å²) in [5, 5.41) is 3.50. The van der Waals surface area contributed by atoms with E-state index >= 15 is 0 Å². The molecule has 2 nitrogen and oxygen atoms in total. The van der Waals surface area contributed by atoms with Crippen molar-refractivity contribution in [1.29, 1.82) is 0 Å². The zero-order chi connectivity index (χ0) is 14.3. The molecule has 2 heteroatoms. The number of rotatable bonds is 8. The topological polar surface area (TPSA) is 15.3 Å². The van der Waals surface area contributed by atoms with Gasteiger partial charge in [0, 0.05) is 6.54 Å². The Bertz CT molecular complexity index is 217. The lowest BCUT2D eigenvalue weighted by molar-refractivity contribution is 0.119. The molecular formula is C17H36N2. The fraction of sp³-hybridized carbons (Fsp3) is 1.00. The summed E-state index contributed by atoms with van der Waals surface area (Å²) in [7, 11) is 0. The average Bonchev–Trinajstić information content (AvgIpc) is 2.33. The van der Waals surface area contributed by atoms with Crippen LogP contribution in [0.2, 0.25) is 0 Å². The Morgan fingerprint density at radius 1 is 0.947 bits per heavy atom. The summed E-state index contributed by atoms with van der Waals surface area (Å²) in [6.45, 7) is 18.1. The van der Waals surface area contributed by atoms with Crippen LogP contribution in [0.15, 0.2) is 0 Å². The Hall–Kier alpha value is -0.0800. The van der Waals surface area contributed by atoms with E-state index in [1.807, 2.05) is 0 Å². The summed E-state index contributed by atoms with van der Waals surface area (Å²) in [4.78, 5) is 2.74. The number of hydrogen-bond acceptors (Lipinski definition) is 2. The third-order valence-corrected chi connectivity index (χ3v) is 4.46. The molecule has 0 atom stereocenters. The standard InChI is InChI=1S/C17H36N2/c1-15(2)6-12-19(13-7-16(3)4)14-17(5)8-10-18-11-9-17/h15-16,18H,6-14H2,1-5H3. The molecule has 0 unspecified atom stereocenters. The Balaban J connectivity index is 2.46. The number of hydrogen-bond donors (Lipinski definition) is 1. The van der Waals surface area contributed by atoms with Crippen LogP contribution in [0.5, 0.6) is 0 Å². The molecule has 1 rings (SSSR count). The molecule has 0 aliphatic carbocycles. The van der Waals surface area contributed by atoms with E-state index in [0.717, 1.165) is 11.8 Å². The van der Waals surface area contributed by atoms with Crippen molar-refractivity contribution in [3.8, 4) is 0 Å². The summed E-state index contributed by atoms with van der Waals surface area (Å²) in [6, 6.07) is 0. The van der Waals surface area contributed by atoms with Gasteiger partial charge in [0.2, 0.25) is 0 Å². The summed E-state index contributed by atoms with van der Waals surface area (Å²) >= 11 is 0. The summed E-state index contributed by atoms with van der Waals surface area (Å²) < 4.78 is 0. The van der Waals surface area contributed by atoms with Crippen LogP contribution in [0.4, 0.5) is 0 Å². The van der Waals surface area contributed by atoms with Crippen molar-refractivity contribution in [2.45, 2.75) is 60.3 Å². The summed E-state index contributed by atoms with van der Waals surface area (Å²) in [5.74, 6) is 1.64. The van der Waals surface area contributed by atoms with Crippen molar-refractivity contribution in [2.24, 2.45) is 17.3 Å². The smallest absolute Gasteiger partial charge is 0.00363 e. The van der Waals surface area contributed by atoms with E-state index in [2.05, 4.69) is 44.8 Å². The molecule has 1 saturated heterocycles. The highest BCUT2D eigenvalue weighted by Crippen LogP contribution is 2.29. The van der Waals surface area contributed by atoms with Gasteiger partial charge in [-0.2, -0.15) is 0 Å². The van der Waals surface area contributed by atoms with Crippen LogP contribution in [-0.2, 0) is 0 Å². The van der Waals surface area contributed by atoms with E-state index in [-0.39, 0.29) is 0 Å². The lowest BCUT2D eigenvalue weighted by Gasteiger charge is -2.39. The molecule has 1 fully saturated rings. The summed E-state index contributed by atoms with van der Waals surface area (Å²) in [6.07, 6.45) is 5.36. The highest BCUT2D eigenvalue weighted by molar-refractivity contribution is 4.83. The number of piperidine rings is 1. The summed E-state index contributed by atoms with van der Waals surface area (Å²) in [5.41, 5.74) is 0.541. The zero-order valence-corrected chi connectivity index (χ0v) is 14.0. The second-order valence-electron chi connectivity index (χ2n) is 7.70. The maximum absolute atomic E-state index is 3.50. The Morgan fingerprint density at radius 2 is 1.42 bits per heavy atom. The second kappa shape index (κ2) is 8.26. The van der Waals surface area contributed by atoms with Crippen LogP contribution in [0.3, 0.4) is 0 Å². The molecular weight excluding hydrogens is 232 g/mol. The maximum Gasteiger partial charge on any atom is 0.00363 e. The molecule has 0 radical (unpaired) electrons. The highest BCUT2D eigenvalue weighted by Gasteiger charge is 2.28. The van der Waals surface area contributed by atoms with Crippen molar-refractivity contribution in [1.82, 2.24) is 10.2 Å². The molecule has 114 valence electrons. The first-order valence-corrected chi connectivity index (χ1v) is 8.34. The van der Waals surface area contributed by atoms with E-state index < -0.39 is 0 Å². The van der Waals surface area contributed by atoms with E-state index in [4.69, 9.17) is 0 Å². The molecule has 0 aromatic heterocycles. The lowest BCUT2D eigenvalue weighted by Crippen LogP contribution is -2.44. The van der Waals surface area contributed by atoms with Gasteiger partial charge in [-0.3, -0.25) is 0 Å². The number of nitrogens with zero attached hydrogens (tertiary/aromatic N) is 1. The van der Waals surface area contributed by atoms with Gasteiger partial charge >= 0.3 is 0 Å². The minimum absolute atomic E-state index is 0.541. The van der Waals surface area contributed by atoms with E-state index in [9.17, 15) is 0 Å². The first-order chi connectivity index (χ1) is 8.91. The van der Waals surface area contributed by atoms with Crippen LogP contribution >= 0.6 is 0 Å². The van der Waals surface area contributed by atoms with Crippen LogP contribution < -0.4 is 5.32 Å². The second-order valence-corrected chi connectivity index (χ2v) is 7.70. The molecule has 1 aliphatic heterocycles. The van der Waals surface area contributed by atoms with Gasteiger partial charge in [0.25, 0.3) is 0 Å². The van der Waals surface area contributed by atoms with Gasteiger partial charge in [-0.15, -0.1) is 0 Å². The van der Waals surface area contributed by atoms with Crippen molar-refractivity contribution in [3.05, 3.63) is 0 Å². The molecule has 1 heterocycles. The van der Waals surface area contributed by atoms with E-state index in [1.54, 1.807) is 0 Å². The molecule has 0 bridgehead atoms. The number of nitrogens with one attached hydrogen (secondary N) is 1. The Morgan fingerprint density at radius 3 is 1.84 bits per heavy atom. The van der Waals surface area contributed by atoms with Gasteiger partial charge in [0.05, 0.1) is 0 Å². The van der Waals surface area contributed by atoms with Crippen LogP contribution in [-0.4, -0.2) is 37.6 Å². The van der Waals surface area contributed by atoms with Crippen molar-refractivity contribution in [3.63, 3.8) is 0 Å². The van der Waals surface area contributed by atoms with Gasteiger partial charge in [-0.25, -0.2) is 0 Å². The predicted molar refractivity (Wildman–Crippen MR) is 85.6 cm³/mol. The predicted octanol–water partition coefficient (Wildman–Crippen LogP) is 3.77. The molecule has 1 N–H and O–H groups in total. The van der Waals surface area contributed by atoms with E-state index in [0.29, 0.717) is 5.41 Å². The Kier molecular flexibility index (Phi) is 7.38. The fourth-order valence-corrected chi connectivity index (χ4v) is 2.88. The molecule has 0 saturated carbocycles. The van der Waals surface area contributed by atoms with Crippen LogP contribution in [0.1, 0.15) is 60.3 Å². The monoisotopic (exact) mass is 268 g/mol. The largest absolute Gasteiger partial charge is 0.317 e. The van der Waals surface area contributed by atoms with Gasteiger partial charge in [-0.05, 0) is 69.1 Å². The van der Waals surface area contributed by atoms with Gasteiger partial charge in [0.1, 0.15) is 0 Å². The van der Waals surface area contributed by atoms with Gasteiger partial charge in [-0.1, -0.05) is 34.6 Å². The molecule has 1 aliphatic rings. The minimum atomic E-state index is 0.541. The molecule has 0 aromatic rings. The minimum Gasteiger partial charge on any atom is -0.317 e. The molecule has 0 spiro atoms. The van der Waals surface area contributed by atoms with Crippen LogP contribution in [0.25, 0.3) is 0 Å². The van der Waals surface area contributed by atoms with Crippen molar-refractivity contribution < 1.29 is 0 Å². The van der Waals surface area contributed by atoms with Crippen molar-refractivity contribution in [2.75, 3.05) is 32.7 Å². The average molecular weight is 268 g/mol. The highest BCUT2D eigenvalue weighted by atomic mass is 15.1. The first-order valence-electron chi connectivity index (χ1n) is 8.34. The lowest BCUT2D eigenvalue weighted by atomic mass is 9.80. The van der Waals surface area contributed by atoms with Gasteiger partial charge < -0.3 is 10.2 Å². The maximum atomic E-state index is 3.50. The molecule has 0 aromatic carbocycles. The normalized spacial score (nSPS) is 19.6.